The van der Waals surface area contributed by atoms with Gasteiger partial charge in [0.2, 0.25) is 5.75 Å². The van der Waals surface area contributed by atoms with Crippen molar-refractivity contribution in [3.63, 3.8) is 0 Å². The molecule has 162 valence electrons. The van der Waals surface area contributed by atoms with E-state index in [-0.39, 0.29) is 17.8 Å². The van der Waals surface area contributed by atoms with E-state index < -0.39 is 6.09 Å². The van der Waals surface area contributed by atoms with Crippen LogP contribution in [0.4, 0.5) is 9.18 Å². The highest BCUT2D eigenvalue weighted by molar-refractivity contribution is 5.84. The van der Waals surface area contributed by atoms with Crippen molar-refractivity contribution in [2.75, 3.05) is 7.11 Å². The summed E-state index contributed by atoms with van der Waals surface area (Å²) in [4.78, 5) is 19.2. The summed E-state index contributed by atoms with van der Waals surface area (Å²) in [5.74, 6) is 0.0929. The molecule has 0 aliphatic carbocycles. The largest absolute Gasteiger partial charge is 0.488 e. The Morgan fingerprint density at radius 2 is 1.97 bits per heavy atom. The number of nitrogens with one attached hydrogen (secondary N) is 1. The normalized spacial score (nSPS) is 23.1. The number of piperidine rings is 1. The highest BCUT2D eigenvalue weighted by Gasteiger charge is 2.41. The number of rotatable bonds is 5. The lowest BCUT2D eigenvalue weighted by molar-refractivity contribution is 0.106. The topological polar surface area (TPSA) is 76.8 Å². The molecule has 2 aliphatic heterocycles. The Labute approximate surface area is 179 Å². The van der Waals surface area contributed by atoms with Gasteiger partial charge in [-0.05, 0) is 55.5 Å². The van der Waals surface area contributed by atoms with Crippen molar-refractivity contribution >= 4 is 17.2 Å². The van der Waals surface area contributed by atoms with Crippen LogP contribution < -0.4 is 14.8 Å². The third kappa shape index (κ3) is 3.95. The molecule has 5 rings (SSSR count). The predicted octanol–water partition coefficient (Wildman–Crippen LogP) is 4.26. The first-order chi connectivity index (χ1) is 15.1. The van der Waals surface area contributed by atoms with Crippen molar-refractivity contribution in [1.29, 1.82) is 0 Å². The van der Waals surface area contributed by atoms with Crippen LogP contribution in [0, 0.1) is 5.82 Å². The fourth-order valence-corrected chi connectivity index (χ4v) is 4.86. The van der Waals surface area contributed by atoms with E-state index in [1.54, 1.807) is 18.3 Å². The summed E-state index contributed by atoms with van der Waals surface area (Å²) in [6, 6.07) is 11.0. The summed E-state index contributed by atoms with van der Waals surface area (Å²) in [6.07, 6.45) is 4.97. The molecule has 2 aromatic heterocycles. The maximum Gasteiger partial charge on any atom is 0.415 e. The SMILES string of the molecule is COc1c(OC(=O)NC2CC3CCC(C2)N3Cc2ccc(F)cc2)oc2cccnc12. The van der Waals surface area contributed by atoms with Gasteiger partial charge < -0.3 is 19.2 Å². The third-order valence-electron chi connectivity index (χ3n) is 6.25. The minimum absolute atomic E-state index is 0.00502. The minimum atomic E-state index is -0.561. The molecule has 2 saturated heterocycles. The van der Waals surface area contributed by atoms with Gasteiger partial charge in [-0.2, -0.15) is 0 Å². The van der Waals surface area contributed by atoms with Crippen molar-refractivity contribution in [1.82, 2.24) is 15.2 Å². The summed E-state index contributed by atoms with van der Waals surface area (Å²) in [7, 11) is 1.48. The van der Waals surface area contributed by atoms with Crippen molar-refractivity contribution < 1.29 is 23.1 Å². The lowest BCUT2D eigenvalue weighted by Gasteiger charge is -2.39. The standard InChI is InChI=1S/C23H24FN3O4/c1-29-21-20-19(3-2-10-25-20)30-22(21)31-23(28)26-16-11-17-8-9-18(12-16)27(17)13-14-4-6-15(24)7-5-14/h2-7,10,16-18H,8-9,11-13H2,1H3,(H,26,28). The Bertz CT molecular complexity index is 1070. The molecule has 7 nitrogen and oxygen atoms in total. The van der Waals surface area contributed by atoms with Gasteiger partial charge in [-0.15, -0.1) is 0 Å². The second-order valence-corrected chi connectivity index (χ2v) is 8.16. The monoisotopic (exact) mass is 425 g/mol. The molecule has 0 radical (unpaired) electrons. The Hall–Kier alpha value is -3.13. The number of halogens is 1. The number of aromatic nitrogens is 1. The molecule has 2 aliphatic rings. The summed E-state index contributed by atoms with van der Waals surface area (Å²) >= 11 is 0. The van der Waals surface area contributed by atoms with E-state index in [1.807, 2.05) is 12.1 Å². The number of pyridine rings is 1. The molecule has 0 spiro atoms. The van der Waals surface area contributed by atoms with Gasteiger partial charge in [0.05, 0.1) is 7.11 Å². The molecule has 2 bridgehead atoms. The van der Waals surface area contributed by atoms with Gasteiger partial charge in [0, 0.05) is 30.9 Å². The number of nitrogens with zero attached hydrogens (tertiary/aromatic N) is 2. The van der Waals surface area contributed by atoms with Crippen LogP contribution in [0.1, 0.15) is 31.2 Å². The summed E-state index contributed by atoms with van der Waals surface area (Å²) in [5, 5.41) is 2.98. The highest BCUT2D eigenvalue weighted by atomic mass is 19.1. The van der Waals surface area contributed by atoms with Crippen LogP contribution in [-0.2, 0) is 6.54 Å². The Morgan fingerprint density at radius 1 is 1.23 bits per heavy atom. The molecule has 3 aromatic rings. The van der Waals surface area contributed by atoms with E-state index in [0.717, 1.165) is 37.8 Å². The first kappa shape index (κ1) is 19.8. The first-order valence-corrected chi connectivity index (χ1v) is 10.5. The molecule has 1 aromatic carbocycles. The number of carbonyl (C=O) groups is 1. The van der Waals surface area contributed by atoms with Crippen LogP contribution in [0.2, 0.25) is 0 Å². The van der Waals surface area contributed by atoms with Crippen molar-refractivity contribution in [3.8, 4) is 11.7 Å². The van der Waals surface area contributed by atoms with E-state index in [0.29, 0.717) is 28.9 Å². The van der Waals surface area contributed by atoms with E-state index >= 15 is 0 Å². The van der Waals surface area contributed by atoms with E-state index in [1.165, 1.54) is 19.2 Å². The number of carbonyl (C=O) groups excluding carboxylic acids is 1. The van der Waals surface area contributed by atoms with Crippen LogP contribution in [-0.4, -0.2) is 41.2 Å². The maximum absolute atomic E-state index is 13.2. The second-order valence-electron chi connectivity index (χ2n) is 8.16. The zero-order chi connectivity index (χ0) is 21.4. The zero-order valence-corrected chi connectivity index (χ0v) is 17.2. The number of hydrogen-bond acceptors (Lipinski definition) is 6. The smallest absolute Gasteiger partial charge is 0.415 e. The number of amides is 1. The Morgan fingerprint density at radius 3 is 2.68 bits per heavy atom. The molecular formula is C23H24FN3O4. The molecule has 1 N–H and O–H groups in total. The summed E-state index contributed by atoms with van der Waals surface area (Å²) in [6.45, 7) is 0.802. The third-order valence-corrected chi connectivity index (χ3v) is 6.25. The van der Waals surface area contributed by atoms with Crippen LogP contribution in [0.25, 0.3) is 11.1 Å². The second kappa shape index (κ2) is 8.19. The van der Waals surface area contributed by atoms with Gasteiger partial charge >= 0.3 is 12.0 Å². The number of benzene rings is 1. The Balaban J connectivity index is 1.21. The molecule has 2 fully saturated rings. The summed E-state index contributed by atoms with van der Waals surface area (Å²) in [5.41, 5.74) is 2.11. The summed E-state index contributed by atoms with van der Waals surface area (Å²) < 4.78 is 29.5. The fraction of sp³-hybridized carbons (Fsp3) is 0.391. The van der Waals surface area contributed by atoms with Gasteiger partial charge in [0.15, 0.2) is 11.1 Å². The van der Waals surface area contributed by atoms with Crippen molar-refractivity contribution in [2.24, 2.45) is 0 Å². The van der Waals surface area contributed by atoms with Gasteiger partial charge in [0.25, 0.3) is 0 Å². The van der Waals surface area contributed by atoms with Gasteiger partial charge in [0.1, 0.15) is 5.82 Å². The lowest BCUT2D eigenvalue weighted by atomic mass is 9.96. The first-order valence-electron chi connectivity index (χ1n) is 10.5. The minimum Gasteiger partial charge on any atom is -0.488 e. The Kier molecular flexibility index (Phi) is 5.23. The van der Waals surface area contributed by atoms with E-state index in [9.17, 15) is 9.18 Å². The number of fused-ring (bicyclic) bond motifs is 3. The van der Waals surface area contributed by atoms with Crippen LogP contribution in [0.3, 0.4) is 0 Å². The molecule has 2 atom stereocenters. The maximum atomic E-state index is 13.2. The van der Waals surface area contributed by atoms with Crippen molar-refractivity contribution in [3.05, 3.63) is 54.0 Å². The molecular weight excluding hydrogens is 401 g/mol. The molecule has 2 unspecified atom stereocenters. The number of furan rings is 1. The molecule has 31 heavy (non-hydrogen) atoms. The average molecular weight is 425 g/mol. The lowest BCUT2D eigenvalue weighted by Crippen LogP contribution is -2.50. The molecule has 0 saturated carbocycles. The molecule has 8 heteroatoms. The van der Waals surface area contributed by atoms with E-state index in [2.05, 4.69) is 15.2 Å². The number of methoxy groups -OCH3 is 1. The number of hydrogen-bond donors (Lipinski definition) is 1. The quantitative estimate of drug-likeness (QED) is 0.658. The predicted molar refractivity (Wildman–Crippen MR) is 111 cm³/mol. The molecule has 1 amide bonds. The van der Waals surface area contributed by atoms with Crippen LogP contribution in [0.5, 0.6) is 11.7 Å². The van der Waals surface area contributed by atoms with Gasteiger partial charge in [-0.1, -0.05) is 12.1 Å². The van der Waals surface area contributed by atoms with E-state index in [4.69, 9.17) is 13.9 Å². The van der Waals surface area contributed by atoms with Crippen molar-refractivity contribution in [2.45, 2.75) is 50.4 Å². The molecule has 4 heterocycles. The van der Waals surface area contributed by atoms with Crippen LogP contribution in [0.15, 0.2) is 47.0 Å². The van der Waals surface area contributed by atoms with Gasteiger partial charge in [-0.25, -0.2) is 14.2 Å². The average Bonchev–Trinajstić information content (AvgIpc) is 3.22. The van der Waals surface area contributed by atoms with Crippen LogP contribution >= 0.6 is 0 Å². The highest BCUT2D eigenvalue weighted by Crippen LogP contribution is 2.39. The number of ether oxygens (including phenoxy) is 2. The zero-order valence-electron chi connectivity index (χ0n) is 17.2. The fourth-order valence-electron chi connectivity index (χ4n) is 4.86. The van der Waals surface area contributed by atoms with Gasteiger partial charge in [-0.3, -0.25) is 4.90 Å².